The minimum absolute atomic E-state index is 0.0226. The Labute approximate surface area is 183 Å². The van der Waals surface area contributed by atoms with Crippen LogP contribution in [-0.4, -0.2) is 32.2 Å². The summed E-state index contributed by atoms with van der Waals surface area (Å²) in [6.07, 6.45) is 2.68. The number of nitrogens with zero attached hydrogens (tertiary/aromatic N) is 2. The Bertz CT molecular complexity index is 1130. The van der Waals surface area contributed by atoms with Gasteiger partial charge in [-0.25, -0.2) is 4.39 Å². The Morgan fingerprint density at radius 2 is 2.03 bits per heavy atom. The van der Waals surface area contributed by atoms with Gasteiger partial charge in [-0.2, -0.15) is 5.10 Å². The van der Waals surface area contributed by atoms with Gasteiger partial charge in [0.25, 0.3) is 0 Å². The van der Waals surface area contributed by atoms with Gasteiger partial charge in [-0.3, -0.25) is 14.7 Å². The molecule has 4 rings (SSSR count). The van der Waals surface area contributed by atoms with Gasteiger partial charge >= 0.3 is 0 Å². The first-order valence-corrected chi connectivity index (χ1v) is 10.4. The number of ketones is 1. The topological polar surface area (TPSA) is 147 Å². The smallest absolute Gasteiger partial charge is 0.229 e. The van der Waals surface area contributed by atoms with Crippen molar-refractivity contribution in [2.75, 3.05) is 5.32 Å². The lowest BCUT2D eigenvalue weighted by Crippen LogP contribution is -2.36. The Balaban J connectivity index is 1.56. The number of aromatic nitrogens is 3. The van der Waals surface area contributed by atoms with Crippen LogP contribution in [0.2, 0.25) is 0 Å². The van der Waals surface area contributed by atoms with E-state index in [1.807, 2.05) is 0 Å². The summed E-state index contributed by atoms with van der Waals surface area (Å²) < 4.78 is 19.9. The number of nitrogens with two attached hydrogens (primary N) is 1. The molecule has 5 N–H and O–H groups in total. The van der Waals surface area contributed by atoms with Crippen molar-refractivity contribution in [2.45, 2.75) is 38.8 Å². The summed E-state index contributed by atoms with van der Waals surface area (Å²) >= 11 is 0. The Kier molecular flexibility index (Phi) is 6.15. The second-order valence-electron chi connectivity index (χ2n) is 7.96. The van der Waals surface area contributed by atoms with Crippen LogP contribution in [0.15, 0.2) is 35.0 Å². The molecule has 2 heterocycles. The summed E-state index contributed by atoms with van der Waals surface area (Å²) in [6, 6.07) is 6.08. The summed E-state index contributed by atoms with van der Waals surface area (Å²) in [6.45, 7) is 1.57. The standard InChI is InChI=1S/C22H24FN5O4/c1-11-18(20(24)30)21(28-32-11)26-22(31)14-5-3-2-4-13(14)19(29)15-7-6-12(10-16(15)23)17-8-9-25-27-17/h6-10,13-14,20,30H,2-5,24H2,1H3,(H,25,27)(H,26,28,31). The summed E-state index contributed by atoms with van der Waals surface area (Å²) in [5.74, 6) is -2.52. The number of aliphatic hydroxyl groups excluding tert-OH is 1. The first-order valence-electron chi connectivity index (χ1n) is 10.4. The zero-order valence-electron chi connectivity index (χ0n) is 17.5. The van der Waals surface area contributed by atoms with E-state index in [1.165, 1.54) is 12.1 Å². The van der Waals surface area contributed by atoms with E-state index in [4.69, 9.17) is 10.3 Å². The SMILES string of the molecule is Cc1onc(NC(=O)C2CCCCC2C(=O)c2ccc(-c3ccn[nH]3)cc2F)c1C(N)O. The number of hydrogen-bond acceptors (Lipinski definition) is 7. The first kappa shape index (κ1) is 21.8. The van der Waals surface area contributed by atoms with E-state index in [0.717, 1.165) is 12.8 Å². The molecule has 1 aliphatic rings. The van der Waals surface area contributed by atoms with Crippen molar-refractivity contribution in [2.24, 2.45) is 17.6 Å². The minimum atomic E-state index is -1.37. The minimum Gasteiger partial charge on any atom is -0.374 e. The van der Waals surface area contributed by atoms with Crippen LogP contribution < -0.4 is 11.1 Å². The Hall–Kier alpha value is -3.37. The predicted octanol–water partition coefficient (Wildman–Crippen LogP) is 3.09. The van der Waals surface area contributed by atoms with E-state index in [9.17, 15) is 19.1 Å². The number of aromatic amines is 1. The number of halogens is 1. The highest BCUT2D eigenvalue weighted by Crippen LogP contribution is 2.35. The molecule has 168 valence electrons. The number of anilines is 1. The molecule has 1 aliphatic carbocycles. The molecular weight excluding hydrogens is 417 g/mol. The number of hydrogen-bond donors (Lipinski definition) is 4. The number of aryl methyl sites for hydroxylation is 1. The average Bonchev–Trinajstić information content (AvgIpc) is 3.43. The lowest BCUT2D eigenvalue weighted by molar-refractivity contribution is -0.122. The fourth-order valence-corrected chi connectivity index (χ4v) is 4.28. The van der Waals surface area contributed by atoms with Crippen LogP contribution in [0.3, 0.4) is 0 Å². The number of benzene rings is 1. The second kappa shape index (κ2) is 9.01. The van der Waals surface area contributed by atoms with Crippen LogP contribution >= 0.6 is 0 Å². The van der Waals surface area contributed by atoms with Gasteiger partial charge < -0.3 is 20.7 Å². The Morgan fingerprint density at radius 1 is 1.28 bits per heavy atom. The average molecular weight is 441 g/mol. The number of carbonyl (C=O) groups excluding carboxylic acids is 2. The molecule has 9 nitrogen and oxygen atoms in total. The maximum atomic E-state index is 14.8. The molecule has 3 unspecified atom stereocenters. The van der Waals surface area contributed by atoms with Gasteiger partial charge in [-0.15, -0.1) is 0 Å². The summed E-state index contributed by atoms with van der Waals surface area (Å²) in [7, 11) is 0. The van der Waals surface area contributed by atoms with Crippen LogP contribution in [0, 0.1) is 24.6 Å². The molecule has 3 aromatic rings. The van der Waals surface area contributed by atoms with Crippen molar-refractivity contribution in [1.29, 1.82) is 0 Å². The molecule has 0 bridgehead atoms. The molecule has 0 aliphatic heterocycles. The largest absolute Gasteiger partial charge is 0.374 e. The highest BCUT2D eigenvalue weighted by molar-refractivity contribution is 6.03. The van der Waals surface area contributed by atoms with Gasteiger partial charge in [-0.1, -0.05) is 24.1 Å². The molecular formula is C22H24FN5O4. The monoisotopic (exact) mass is 441 g/mol. The number of amides is 1. The van der Waals surface area contributed by atoms with Gasteiger partial charge in [-0.05, 0) is 38.0 Å². The summed E-state index contributed by atoms with van der Waals surface area (Å²) in [5.41, 5.74) is 6.87. The highest BCUT2D eigenvalue weighted by Gasteiger charge is 2.37. The highest BCUT2D eigenvalue weighted by atomic mass is 19.1. The second-order valence-corrected chi connectivity index (χ2v) is 7.96. The fourth-order valence-electron chi connectivity index (χ4n) is 4.28. The van der Waals surface area contributed by atoms with Crippen molar-refractivity contribution in [3.63, 3.8) is 0 Å². The number of nitrogens with one attached hydrogen (secondary N) is 2. The maximum absolute atomic E-state index is 14.8. The third kappa shape index (κ3) is 4.19. The van der Waals surface area contributed by atoms with Gasteiger partial charge in [0, 0.05) is 23.6 Å². The van der Waals surface area contributed by atoms with E-state index < -0.39 is 35.6 Å². The number of Topliss-reactive ketones (excluding diaryl/α,β-unsaturated/α-hetero) is 1. The van der Waals surface area contributed by atoms with Crippen molar-refractivity contribution < 1.29 is 23.6 Å². The molecule has 32 heavy (non-hydrogen) atoms. The molecule has 10 heteroatoms. The lowest BCUT2D eigenvalue weighted by atomic mass is 9.74. The normalized spacial score (nSPS) is 19.5. The molecule has 0 spiro atoms. The van der Waals surface area contributed by atoms with Gasteiger partial charge in [0.05, 0.1) is 16.8 Å². The van der Waals surface area contributed by atoms with Crippen LogP contribution in [0.5, 0.6) is 0 Å². The van der Waals surface area contributed by atoms with E-state index in [2.05, 4.69) is 20.7 Å². The van der Waals surface area contributed by atoms with Gasteiger partial charge in [0.1, 0.15) is 17.8 Å². The predicted molar refractivity (Wildman–Crippen MR) is 113 cm³/mol. The van der Waals surface area contributed by atoms with E-state index >= 15 is 0 Å². The van der Waals surface area contributed by atoms with E-state index in [1.54, 1.807) is 25.3 Å². The quantitative estimate of drug-likeness (QED) is 0.339. The summed E-state index contributed by atoms with van der Waals surface area (Å²) in [5, 5.41) is 22.7. The molecule has 0 saturated heterocycles. The van der Waals surface area contributed by atoms with Gasteiger partial charge in [0.2, 0.25) is 5.91 Å². The molecule has 1 amide bonds. The number of aliphatic hydroxyl groups is 1. The lowest BCUT2D eigenvalue weighted by Gasteiger charge is -2.29. The Morgan fingerprint density at radius 3 is 2.69 bits per heavy atom. The van der Waals surface area contributed by atoms with Crippen molar-refractivity contribution >= 4 is 17.5 Å². The van der Waals surface area contributed by atoms with Crippen LogP contribution in [0.4, 0.5) is 10.2 Å². The van der Waals surface area contributed by atoms with Crippen LogP contribution in [-0.2, 0) is 4.79 Å². The van der Waals surface area contributed by atoms with E-state index in [0.29, 0.717) is 24.1 Å². The zero-order valence-corrected chi connectivity index (χ0v) is 17.5. The molecule has 1 fully saturated rings. The maximum Gasteiger partial charge on any atom is 0.229 e. The fraction of sp³-hybridized carbons (Fsp3) is 0.364. The van der Waals surface area contributed by atoms with Crippen molar-refractivity contribution in [3.8, 4) is 11.3 Å². The molecule has 1 saturated carbocycles. The van der Waals surface area contributed by atoms with Crippen LogP contribution in [0.25, 0.3) is 11.3 Å². The molecule has 1 aromatic carbocycles. The summed E-state index contributed by atoms with van der Waals surface area (Å²) in [4.78, 5) is 26.3. The zero-order chi connectivity index (χ0) is 22.8. The number of rotatable bonds is 6. The third-order valence-electron chi connectivity index (χ3n) is 5.93. The van der Waals surface area contributed by atoms with E-state index in [-0.39, 0.29) is 22.7 Å². The third-order valence-corrected chi connectivity index (χ3v) is 5.93. The number of carbonyl (C=O) groups is 2. The van der Waals surface area contributed by atoms with Crippen LogP contribution in [0.1, 0.15) is 53.6 Å². The first-order chi connectivity index (χ1) is 15.4. The number of H-pyrrole nitrogens is 1. The van der Waals surface area contributed by atoms with Crippen molar-refractivity contribution in [3.05, 3.63) is 53.2 Å². The molecule has 0 radical (unpaired) electrons. The molecule has 3 atom stereocenters. The van der Waals surface area contributed by atoms with Crippen molar-refractivity contribution in [1.82, 2.24) is 15.4 Å². The van der Waals surface area contributed by atoms with Gasteiger partial charge in [0.15, 0.2) is 11.6 Å². The molecule has 2 aromatic heterocycles.